The molecule has 0 spiro atoms. The number of rotatable bonds is 8. The molecule has 29 heavy (non-hydrogen) atoms. The molecule has 156 valence electrons. The molecule has 0 aliphatic heterocycles. The van der Waals surface area contributed by atoms with Gasteiger partial charge in [0.05, 0.1) is 6.42 Å². The predicted octanol–water partition coefficient (Wildman–Crippen LogP) is 4.83. The SMILES string of the molecule is CC[C@H](C)NC(=O)[C@H](C)N(Cc1ccccc1Cl)C(=O)Cc1ccc(C)c(C)c1. The van der Waals surface area contributed by atoms with Gasteiger partial charge < -0.3 is 10.2 Å². The van der Waals surface area contributed by atoms with Crippen LogP contribution in [0.4, 0.5) is 0 Å². The van der Waals surface area contributed by atoms with Gasteiger partial charge in [0, 0.05) is 17.6 Å². The Hall–Kier alpha value is -2.33. The Labute approximate surface area is 179 Å². The maximum absolute atomic E-state index is 13.2. The minimum absolute atomic E-state index is 0.0574. The van der Waals surface area contributed by atoms with E-state index in [1.54, 1.807) is 17.9 Å². The van der Waals surface area contributed by atoms with E-state index in [4.69, 9.17) is 11.6 Å². The Morgan fingerprint density at radius 1 is 1.07 bits per heavy atom. The van der Waals surface area contributed by atoms with Crippen LogP contribution in [0.2, 0.25) is 5.02 Å². The van der Waals surface area contributed by atoms with Gasteiger partial charge in [-0.25, -0.2) is 0 Å². The zero-order valence-corrected chi connectivity index (χ0v) is 18.7. The Bertz CT molecular complexity index is 866. The summed E-state index contributed by atoms with van der Waals surface area (Å²) >= 11 is 6.32. The number of nitrogens with one attached hydrogen (secondary N) is 1. The number of hydrogen-bond acceptors (Lipinski definition) is 2. The topological polar surface area (TPSA) is 49.4 Å². The van der Waals surface area contributed by atoms with E-state index in [2.05, 4.69) is 5.32 Å². The van der Waals surface area contributed by atoms with Crippen molar-refractivity contribution in [1.29, 1.82) is 0 Å². The third-order valence-electron chi connectivity index (χ3n) is 5.39. The Balaban J connectivity index is 2.27. The molecule has 0 aliphatic carbocycles. The van der Waals surface area contributed by atoms with Crippen LogP contribution in [0.15, 0.2) is 42.5 Å². The third-order valence-corrected chi connectivity index (χ3v) is 5.76. The minimum atomic E-state index is -0.598. The average Bonchev–Trinajstić information content (AvgIpc) is 2.69. The van der Waals surface area contributed by atoms with Crippen molar-refractivity contribution >= 4 is 23.4 Å². The molecule has 0 bridgehead atoms. The van der Waals surface area contributed by atoms with Gasteiger partial charge in [0.25, 0.3) is 0 Å². The molecule has 0 aliphatic rings. The largest absolute Gasteiger partial charge is 0.352 e. The van der Waals surface area contributed by atoms with Crippen molar-refractivity contribution in [2.75, 3.05) is 0 Å². The number of hydrogen-bond donors (Lipinski definition) is 1. The molecule has 0 fully saturated rings. The summed E-state index contributed by atoms with van der Waals surface area (Å²) in [5.74, 6) is -0.250. The zero-order chi connectivity index (χ0) is 21.6. The lowest BCUT2D eigenvalue weighted by Gasteiger charge is -2.30. The fraction of sp³-hybridized carbons (Fsp3) is 0.417. The summed E-state index contributed by atoms with van der Waals surface area (Å²) in [6.07, 6.45) is 1.08. The molecule has 2 aromatic carbocycles. The van der Waals surface area contributed by atoms with Crippen LogP contribution in [0.5, 0.6) is 0 Å². The van der Waals surface area contributed by atoms with Crippen LogP contribution < -0.4 is 5.32 Å². The molecule has 1 N–H and O–H groups in total. The highest BCUT2D eigenvalue weighted by Crippen LogP contribution is 2.20. The summed E-state index contributed by atoms with van der Waals surface area (Å²) in [6.45, 7) is 10.1. The molecule has 0 unspecified atom stereocenters. The van der Waals surface area contributed by atoms with Crippen LogP contribution >= 0.6 is 11.6 Å². The van der Waals surface area contributed by atoms with Crippen molar-refractivity contribution in [2.45, 2.75) is 66.1 Å². The Morgan fingerprint density at radius 2 is 1.76 bits per heavy atom. The van der Waals surface area contributed by atoms with E-state index in [1.807, 2.05) is 64.1 Å². The van der Waals surface area contributed by atoms with Crippen LogP contribution in [-0.4, -0.2) is 28.8 Å². The Kier molecular flexibility index (Phi) is 8.27. The average molecular weight is 415 g/mol. The molecule has 2 atom stereocenters. The Morgan fingerprint density at radius 3 is 2.38 bits per heavy atom. The molecule has 0 aromatic heterocycles. The summed E-state index contributed by atoms with van der Waals surface area (Å²) in [4.78, 5) is 27.6. The van der Waals surface area contributed by atoms with Crippen molar-refractivity contribution in [3.63, 3.8) is 0 Å². The predicted molar refractivity (Wildman–Crippen MR) is 119 cm³/mol. The first-order chi connectivity index (χ1) is 13.7. The van der Waals surface area contributed by atoms with Gasteiger partial charge in [0.15, 0.2) is 0 Å². The van der Waals surface area contributed by atoms with E-state index < -0.39 is 6.04 Å². The molecule has 2 aromatic rings. The summed E-state index contributed by atoms with van der Waals surface area (Å²) in [6, 6.07) is 12.9. The van der Waals surface area contributed by atoms with E-state index in [0.717, 1.165) is 23.1 Å². The fourth-order valence-corrected chi connectivity index (χ4v) is 3.24. The van der Waals surface area contributed by atoms with Crippen molar-refractivity contribution in [3.8, 4) is 0 Å². The summed E-state index contributed by atoms with van der Waals surface area (Å²) in [5.41, 5.74) is 4.11. The van der Waals surface area contributed by atoms with Crippen LogP contribution in [0.25, 0.3) is 0 Å². The van der Waals surface area contributed by atoms with E-state index in [-0.39, 0.29) is 24.3 Å². The van der Waals surface area contributed by atoms with Gasteiger partial charge >= 0.3 is 0 Å². The van der Waals surface area contributed by atoms with Gasteiger partial charge in [-0.2, -0.15) is 0 Å². The molecule has 0 heterocycles. The minimum Gasteiger partial charge on any atom is -0.352 e. The van der Waals surface area contributed by atoms with Crippen LogP contribution in [-0.2, 0) is 22.6 Å². The lowest BCUT2D eigenvalue weighted by molar-refractivity contribution is -0.140. The molecule has 2 rings (SSSR count). The number of amides is 2. The normalized spacial score (nSPS) is 12.9. The van der Waals surface area contributed by atoms with Gasteiger partial charge in [0.1, 0.15) is 6.04 Å². The molecule has 0 radical (unpaired) electrons. The number of benzene rings is 2. The van der Waals surface area contributed by atoms with Crippen LogP contribution in [0, 0.1) is 13.8 Å². The van der Waals surface area contributed by atoms with Crippen LogP contribution in [0.3, 0.4) is 0 Å². The number of carbonyl (C=O) groups excluding carboxylic acids is 2. The monoisotopic (exact) mass is 414 g/mol. The molecule has 2 amide bonds. The number of halogens is 1. The first-order valence-corrected chi connectivity index (χ1v) is 10.5. The summed E-state index contributed by atoms with van der Waals surface area (Å²) in [5, 5.41) is 3.57. The molecule has 4 nitrogen and oxygen atoms in total. The second-order valence-electron chi connectivity index (χ2n) is 7.70. The maximum atomic E-state index is 13.2. The summed E-state index contributed by atoms with van der Waals surface area (Å²) in [7, 11) is 0. The highest BCUT2D eigenvalue weighted by atomic mass is 35.5. The van der Waals surface area contributed by atoms with Gasteiger partial charge in [-0.3, -0.25) is 9.59 Å². The molecular weight excluding hydrogens is 384 g/mol. The van der Waals surface area contributed by atoms with Gasteiger partial charge in [0.2, 0.25) is 11.8 Å². The van der Waals surface area contributed by atoms with E-state index in [9.17, 15) is 9.59 Å². The maximum Gasteiger partial charge on any atom is 0.242 e. The fourth-order valence-electron chi connectivity index (χ4n) is 3.05. The second kappa shape index (κ2) is 10.4. The molecule has 5 heteroatoms. The number of nitrogens with zero attached hydrogens (tertiary/aromatic N) is 1. The third kappa shape index (κ3) is 6.33. The molecule has 0 saturated heterocycles. The molecular formula is C24H31ClN2O2. The highest BCUT2D eigenvalue weighted by molar-refractivity contribution is 6.31. The van der Waals surface area contributed by atoms with Gasteiger partial charge in [-0.15, -0.1) is 0 Å². The van der Waals surface area contributed by atoms with E-state index >= 15 is 0 Å². The van der Waals surface area contributed by atoms with Crippen molar-refractivity contribution < 1.29 is 9.59 Å². The van der Waals surface area contributed by atoms with Gasteiger partial charge in [-0.05, 0) is 62.4 Å². The lowest BCUT2D eigenvalue weighted by atomic mass is 10.0. The first-order valence-electron chi connectivity index (χ1n) is 10.1. The molecule has 0 saturated carbocycles. The zero-order valence-electron chi connectivity index (χ0n) is 18.0. The summed E-state index contributed by atoms with van der Waals surface area (Å²) < 4.78 is 0. The first kappa shape index (κ1) is 23.0. The van der Waals surface area contributed by atoms with Crippen molar-refractivity contribution in [1.82, 2.24) is 10.2 Å². The second-order valence-corrected chi connectivity index (χ2v) is 8.11. The lowest BCUT2D eigenvalue weighted by Crippen LogP contribution is -2.49. The van der Waals surface area contributed by atoms with E-state index in [0.29, 0.717) is 11.6 Å². The highest BCUT2D eigenvalue weighted by Gasteiger charge is 2.27. The van der Waals surface area contributed by atoms with Crippen LogP contribution in [0.1, 0.15) is 49.4 Å². The standard InChI is InChI=1S/C24H31ClN2O2/c1-6-18(4)26-24(29)19(5)27(15-21-9-7-8-10-22(21)25)23(28)14-20-12-11-16(2)17(3)13-20/h7-13,18-19H,6,14-15H2,1-5H3,(H,26,29)/t18-,19-/m0/s1. The quantitative estimate of drug-likeness (QED) is 0.672. The van der Waals surface area contributed by atoms with E-state index in [1.165, 1.54) is 5.56 Å². The van der Waals surface area contributed by atoms with Gasteiger partial charge in [-0.1, -0.05) is 54.9 Å². The smallest absolute Gasteiger partial charge is 0.242 e. The van der Waals surface area contributed by atoms with Crippen molar-refractivity contribution in [3.05, 3.63) is 69.7 Å². The number of aryl methyl sites for hydroxylation is 2. The number of carbonyl (C=O) groups is 2. The van der Waals surface area contributed by atoms with Crippen molar-refractivity contribution in [2.24, 2.45) is 0 Å².